The Kier molecular flexibility index (Phi) is 9.59. The third-order valence-corrected chi connectivity index (χ3v) is 2.15. The molecule has 0 heterocycles. The molecule has 0 spiro atoms. The topological polar surface area (TPSA) is 18.5 Å². The van der Waals surface area contributed by atoms with Crippen LogP contribution in [0.25, 0.3) is 0 Å². The van der Waals surface area contributed by atoms with Gasteiger partial charge < -0.3 is 9.05 Å². The Labute approximate surface area is 75.5 Å². The minimum atomic E-state index is -2.10. The first kappa shape index (κ1) is 12.3. The van der Waals surface area contributed by atoms with Crippen molar-refractivity contribution in [1.29, 1.82) is 0 Å². The van der Waals surface area contributed by atoms with Crippen LogP contribution in [0.4, 0.5) is 4.20 Å². The Hall–Kier alpha value is 0.280. The van der Waals surface area contributed by atoms with Gasteiger partial charge >= 0.3 is 8.69 Å². The summed E-state index contributed by atoms with van der Waals surface area (Å²) in [4.78, 5) is 0. The van der Waals surface area contributed by atoms with E-state index in [1.54, 1.807) is 0 Å². The molecular weight excluding hydrogens is 178 g/mol. The lowest BCUT2D eigenvalue weighted by molar-refractivity contribution is 0.218. The van der Waals surface area contributed by atoms with Crippen molar-refractivity contribution in [2.45, 2.75) is 39.5 Å². The van der Waals surface area contributed by atoms with E-state index in [-0.39, 0.29) is 0 Å². The second-order valence-corrected chi connectivity index (χ2v) is 3.53. The van der Waals surface area contributed by atoms with E-state index in [4.69, 9.17) is 9.05 Å². The molecule has 0 N–H and O–H groups in total. The first-order valence-corrected chi connectivity index (χ1v) is 5.59. The highest BCUT2D eigenvalue weighted by atomic mass is 31.2. The maximum atomic E-state index is 12.7. The van der Waals surface area contributed by atoms with Crippen LogP contribution in [-0.4, -0.2) is 13.2 Å². The van der Waals surface area contributed by atoms with Crippen molar-refractivity contribution in [3.63, 3.8) is 0 Å². The summed E-state index contributed by atoms with van der Waals surface area (Å²) in [7, 11) is -2.10. The summed E-state index contributed by atoms with van der Waals surface area (Å²) >= 11 is 0. The van der Waals surface area contributed by atoms with Gasteiger partial charge in [0.25, 0.3) is 0 Å². The first-order valence-electron chi connectivity index (χ1n) is 4.53. The quantitative estimate of drug-likeness (QED) is 0.434. The fraction of sp³-hybridized carbons (Fsp3) is 1.00. The Bertz CT molecular complexity index is 83.1. The Morgan fingerprint density at radius 3 is 1.75 bits per heavy atom. The van der Waals surface area contributed by atoms with E-state index in [1.165, 1.54) is 0 Å². The van der Waals surface area contributed by atoms with Gasteiger partial charge in [0.15, 0.2) is 0 Å². The number of hydrogen-bond acceptors (Lipinski definition) is 2. The molecule has 0 unspecified atom stereocenters. The molecule has 74 valence electrons. The van der Waals surface area contributed by atoms with Crippen molar-refractivity contribution in [3.8, 4) is 0 Å². The molecule has 0 saturated heterocycles. The third-order valence-electron chi connectivity index (χ3n) is 1.38. The predicted molar refractivity (Wildman–Crippen MR) is 49.7 cm³/mol. The summed E-state index contributed by atoms with van der Waals surface area (Å²) in [5.41, 5.74) is 0. The molecule has 0 rings (SSSR count). The van der Waals surface area contributed by atoms with E-state index < -0.39 is 8.69 Å². The van der Waals surface area contributed by atoms with Gasteiger partial charge in [-0.3, -0.25) is 0 Å². The average molecular weight is 196 g/mol. The molecule has 0 bridgehead atoms. The zero-order valence-electron chi connectivity index (χ0n) is 7.88. The van der Waals surface area contributed by atoms with Crippen LogP contribution in [0.2, 0.25) is 0 Å². The lowest BCUT2D eigenvalue weighted by Crippen LogP contribution is -1.91. The summed E-state index contributed by atoms with van der Waals surface area (Å²) in [6.45, 7) is 5.04. The van der Waals surface area contributed by atoms with E-state index in [0.717, 1.165) is 25.7 Å². The summed E-state index contributed by atoms with van der Waals surface area (Å²) in [6.07, 6.45) is 3.86. The Morgan fingerprint density at radius 1 is 1.00 bits per heavy atom. The summed E-state index contributed by atoms with van der Waals surface area (Å²) in [5, 5.41) is 0. The molecule has 0 fully saturated rings. The monoisotopic (exact) mass is 196 g/mol. The molecule has 0 aromatic heterocycles. The maximum absolute atomic E-state index is 12.7. The van der Waals surface area contributed by atoms with Gasteiger partial charge in [0.05, 0.1) is 13.2 Å². The molecule has 4 heteroatoms. The van der Waals surface area contributed by atoms with Crippen molar-refractivity contribution >= 4 is 8.69 Å². The van der Waals surface area contributed by atoms with Crippen molar-refractivity contribution in [3.05, 3.63) is 0 Å². The fourth-order valence-corrected chi connectivity index (χ4v) is 1.22. The minimum Gasteiger partial charge on any atom is -0.309 e. The standard InChI is InChI=1S/C8H18FO2P/c1-3-5-7-10-12(9)11-8-6-4-2/h3-8H2,1-2H3. The van der Waals surface area contributed by atoms with Crippen molar-refractivity contribution in [2.75, 3.05) is 13.2 Å². The normalized spacial score (nSPS) is 11.0. The maximum Gasteiger partial charge on any atom is 0.374 e. The Morgan fingerprint density at radius 2 is 1.42 bits per heavy atom. The van der Waals surface area contributed by atoms with E-state index in [1.807, 2.05) is 13.8 Å². The van der Waals surface area contributed by atoms with Gasteiger partial charge in [-0.2, -0.15) is 4.20 Å². The van der Waals surface area contributed by atoms with Gasteiger partial charge in [-0.1, -0.05) is 26.7 Å². The molecule has 0 aromatic carbocycles. The molecule has 0 radical (unpaired) electrons. The molecule has 0 aliphatic carbocycles. The second kappa shape index (κ2) is 9.37. The van der Waals surface area contributed by atoms with Gasteiger partial charge in [-0.25, -0.2) is 0 Å². The van der Waals surface area contributed by atoms with Gasteiger partial charge in [0.1, 0.15) is 0 Å². The lowest BCUT2D eigenvalue weighted by atomic mass is 10.4. The number of rotatable bonds is 8. The second-order valence-electron chi connectivity index (χ2n) is 2.59. The van der Waals surface area contributed by atoms with Gasteiger partial charge in [0, 0.05) is 0 Å². The van der Waals surface area contributed by atoms with E-state index in [2.05, 4.69) is 0 Å². The number of unbranched alkanes of at least 4 members (excludes halogenated alkanes) is 2. The molecule has 0 aliphatic rings. The van der Waals surface area contributed by atoms with E-state index in [0.29, 0.717) is 13.2 Å². The molecule has 0 amide bonds. The molecule has 12 heavy (non-hydrogen) atoms. The lowest BCUT2D eigenvalue weighted by Gasteiger charge is -2.07. The van der Waals surface area contributed by atoms with Crippen molar-refractivity contribution in [1.82, 2.24) is 0 Å². The molecule has 2 nitrogen and oxygen atoms in total. The van der Waals surface area contributed by atoms with Crippen molar-refractivity contribution in [2.24, 2.45) is 0 Å². The predicted octanol–water partition coefficient (Wildman–Crippen LogP) is 3.82. The van der Waals surface area contributed by atoms with E-state index >= 15 is 0 Å². The van der Waals surface area contributed by atoms with Crippen LogP contribution in [0.15, 0.2) is 0 Å². The summed E-state index contributed by atoms with van der Waals surface area (Å²) < 4.78 is 22.3. The van der Waals surface area contributed by atoms with Crippen LogP contribution < -0.4 is 0 Å². The zero-order valence-corrected chi connectivity index (χ0v) is 8.78. The van der Waals surface area contributed by atoms with Crippen LogP contribution in [0.3, 0.4) is 0 Å². The summed E-state index contributed by atoms with van der Waals surface area (Å²) in [5.74, 6) is 0. The molecule has 0 saturated carbocycles. The van der Waals surface area contributed by atoms with Gasteiger partial charge in [-0.15, -0.1) is 0 Å². The fourth-order valence-electron chi connectivity index (χ4n) is 0.599. The Balaban J connectivity index is 3.04. The highest BCUT2D eigenvalue weighted by Gasteiger charge is 2.07. The third kappa shape index (κ3) is 8.38. The highest BCUT2D eigenvalue weighted by Crippen LogP contribution is 2.39. The molecule has 0 aliphatic heterocycles. The van der Waals surface area contributed by atoms with Crippen LogP contribution in [0.5, 0.6) is 0 Å². The number of halogens is 1. The van der Waals surface area contributed by atoms with Crippen LogP contribution in [0.1, 0.15) is 39.5 Å². The highest BCUT2D eigenvalue weighted by molar-refractivity contribution is 7.41. The van der Waals surface area contributed by atoms with E-state index in [9.17, 15) is 4.20 Å². The van der Waals surface area contributed by atoms with Crippen LogP contribution in [0, 0.1) is 0 Å². The zero-order chi connectivity index (χ0) is 9.23. The molecule has 0 atom stereocenters. The number of hydrogen-bond donors (Lipinski definition) is 0. The summed E-state index contributed by atoms with van der Waals surface area (Å²) in [6, 6.07) is 0. The van der Waals surface area contributed by atoms with Crippen LogP contribution >= 0.6 is 8.69 Å². The minimum absolute atomic E-state index is 0.477. The first-order chi connectivity index (χ1) is 5.81. The van der Waals surface area contributed by atoms with Crippen molar-refractivity contribution < 1.29 is 13.2 Å². The van der Waals surface area contributed by atoms with Gasteiger partial charge in [0.2, 0.25) is 0 Å². The average Bonchev–Trinajstić information content (AvgIpc) is 2.06. The van der Waals surface area contributed by atoms with Gasteiger partial charge in [-0.05, 0) is 12.8 Å². The SMILES string of the molecule is CCCCOP(F)OCCCC. The smallest absolute Gasteiger partial charge is 0.309 e. The largest absolute Gasteiger partial charge is 0.374 e. The molecule has 0 aromatic rings. The molecular formula is C8H18FO2P. The van der Waals surface area contributed by atoms with Crippen LogP contribution in [-0.2, 0) is 9.05 Å².